The van der Waals surface area contributed by atoms with Crippen LogP contribution >= 0.6 is 15.9 Å². The van der Waals surface area contributed by atoms with Crippen molar-refractivity contribution in [2.45, 2.75) is 27.2 Å². The average molecular weight is 273 g/mol. The number of hydrogen-bond acceptors (Lipinski definition) is 1. The highest BCUT2D eigenvalue weighted by molar-refractivity contribution is 9.10. The number of benzene rings is 1. The molecule has 1 nitrogen and oxygen atoms in total. The highest BCUT2D eigenvalue weighted by atomic mass is 79.9. The molecule has 0 radical (unpaired) electrons. The standard InChI is InChI=1S/C12H14BrFO/c1-12(2,3)7-11(15)9-5-4-8(13)6-10(9)14/h4-6H,7H2,1-3H3. The molecule has 0 bridgehead atoms. The summed E-state index contributed by atoms with van der Waals surface area (Å²) in [6, 6.07) is 4.52. The van der Waals surface area contributed by atoms with E-state index in [9.17, 15) is 9.18 Å². The minimum atomic E-state index is -0.460. The first-order valence-electron chi connectivity index (χ1n) is 4.78. The fourth-order valence-electron chi connectivity index (χ4n) is 1.29. The van der Waals surface area contributed by atoms with Gasteiger partial charge in [0.2, 0.25) is 0 Å². The van der Waals surface area contributed by atoms with Gasteiger partial charge < -0.3 is 0 Å². The molecule has 0 saturated carbocycles. The van der Waals surface area contributed by atoms with Gasteiger partial charge in [0, 0.05) is 10.9 Å². The van der Waals surface area contributed by atoms with Crippen LogP contribution in [0.4, 0.5) is 4.39 Å². The molecular formula is C12H14BrFO. The lowest BCUT2D eigenvalue weighted by molar-refractivity contribution is 0.0936. The summed E-state index contributed by atoms with van der Waals surface area (Å²) in [5.74, 6) is -0.605. The summed E-state index contributed by atoms with van der Waals surface area (Å²) in [5, 5.41) is 0. The van der Waals surface area contributed by atoms with Crippen molar-refractivity contribution < 1.29 is 9.18 Å². The van der Waals surface area contributed by atoms with E-state index in [-0.39, 0.29) is 16.8 Å². The fourth-order valence-corrected chi connectivity index (χ4v) is 1.63. The first-order valence-corrected chi connectivity index (χ1v) is 5.57. The van der Waals surface area contributed by atoms with Crippen molar-refractivity contribution in [2.75, 3.05) is 0 Å². The molecule has 0 saturated heterocycles. The predicted molar refractivity (Wildman–Crippen MR) is 62.5 cm³/mol. The number of halogens is 2. The van der Waals surface area contributed by atoms with Gasteiger partial charge in [-0.25, -0.2) is 4.39 Å². The van der Waals surface area contributed by atoms with Crippen molar-refractivity contribution in [3.05, 3.63) is 34.1 Å². The molecule has 1 rings (SSSR count). The quantitative estimate of drug-likeness (QED) is 0.738. The van der Waals surface area contributed by atoms with Crippen LogP contribution in [0.3, 0.4) is 0 Å². The van der Waals surface area contributed by atoms with Gasteiger partial charge in [-0.1, -0.05) is 36.7 Å². The summed E-state index contributed by atoms with van der Waals surface area (Å²) in [6.45, 7) is 5.88. The Kier molecular flexibility index (Phi) is 3.66. The summed E-state index contributed by atoms with van der Waals surface area (Å²) in [7, 11) is 0. The summed E-state index contributed by atoms with van der Waals surface area (Å²) < 4.78 is 14.1. The van der Waals surface area contributed by atoms with Gasteiger partial charge in [0.05, 0.1) is 5.56 Å². The predicted octanol–water partition coefficient (Wildman–Crippen LogP) is 4.21. The topological polar surface area (TPSA) is 17.1 Å². The molecule has 0 heterocycles. The molecule has 15 heavy (non-hydrogen) atoms. The highest BCUT2D eigenvalue weighted by Gasteiger charge is 2.19. The molecule has 0 aliphatic heterocycles. The normalized spacial score (nSPS) is 11.5. The third-order valence-corrected chi connectivity index (χ3v) is 2.42. The SMILES string of the molecule is CC(C)(C)CC(=O)c1ccc(Br)cc1F. The van der Waals surface area contributed by atoms with Crippen molar-refractivity contribution in [3.8, 4) is 0 Å². The Balaban J connectivity index is 2.92. The van der Waals surface area contributed by atoms with Gasteiger partial charge in [-0.2, -0.15) is 0 Å². The van der Waals surface area contributed by atoms with Crippen LogP contribution in [0, 0.1) is 11.2 Å². The number of ketones is 1. The number of carbonyl (C=O) groups is 1. The second-order valence-electron chi connectivity index (χ2n) is 4.78. The van der Waals surface area contributed by atoms with Gasteiger partial charge in [-0.05, 0) is 23.6 Å². The van der Waals surface area contributed by atoms with E-state index in [4.69, 9.17) is 0 Å². The van der Waals surface area contributed by atoms with E-state index in [1.165, 1.54) is 12.1 Å². The van der Waals surface area contributed by atoms with E-state index in [1.807, 2.05) is 20.8 Å². The lowest BCUT2D eigenvalue weighted by atomic mass is 9.88. The molecular weight excluding hydrogens is 259 g/mol. The maximum atomic E-state index is 13.4. The second-order valence-corrected chi connectivity index (χ2v) is 5.70. The van der Waals surface area contributed by atoms with E-state index < -0.39 is 5.82 Å². The highest BCUT2D eigenvalue weighted by Crippen LogP contribution is 2.23. The van der Waals surface area contributed by atoms with Crippen molar-refractivity contribution >= 4 is 21.7 Å². The summed E-state index contributed by atoms with van der Waals surface area (Å²) in [6.07, 6.45) is 0.353. The minimum Gasteiger partial charge on any atom is -0.294 e. The maximum absolute atomic E-state index is 13.4. The molecule has 82 valence electrons. The molecule has 0 atom stereocenters. The van der Waals surface area contributed by atoms with Crippen LogP contribution in [-0.4, -0.2) is 5.78 Å². The zero-order valence-corrected chi connectivity index (χ0v) is 10.7. The van der Waals surface area contributed by atoms with Gasteiger partial charge in [0.25, 0.3) is 0 Å². The van der Waals surface area contributed by atoms with Gasteiger partial charge in [-0.3, -0.25) is 4.79 Å². The number of Topliss-reactive ketones (excluding diaryl/α,β-unsaturated/α-hetero) is 1. The van der Waals surface area contributed by atoms with Crippen LogP contribution in [0.15, 0.2) is 22.7 Å². The van der Waals surface area contributed by atoms with Crippen molar-refractivity contribution in [3.63, 3.8) is 0 Å². The van der Waals surface area contributed by atoms with E-state index in [1.54, 1.807) is 6.07 Å². The molecule has 3 heteroatoms. The van der Waals surface area contributed by atoms with Crippen molar-refractivity contribution in [1.82, 2.24) is 0 Å². The molecule has 1 aromatic carbocycles. The van der Waals surface area contributed by atoms with E-state index in [0.717, 1.165) is 0 Å². The first-order chi connectivity index (χ1) is 6.79. The Bertz CT molecular complexity index is 380. The number of carbonyl (C=O) groups excluding carboxylic acids is 1. The zero-order chi connectivity index (χ0) is 11.6. The largest absolute Gasteiger partial charge is 0.294 e. The lowest BCUT2D eigenvalue weighted by Crippen LogP contribution is -2.14. The molecule has 0 aromatic heterocycles. The van der Waals surface area contributed by atoms with E-state index in [2.05, 4.69) is 15.9 Å². The van der Waals surface area contributed by atoms with Crippen LogP contribution in [0.5, 0.6) is 0 Å². The summed E-state index contributed by atoms with van der Waals surface area (Å²) in [5.41, 5.74) is 0.0597. The van der Waals surface area contributed by atoms with Crippen LogP contribution in [0.2, 0.25) is 0 Å². The van der Waals surface area contributed by atoms with E-state index in [0.29, 0.717) is 10.9 Å². The first kappa shape index (κ1) is 12.4. The zero-order valence-electron chi connectivity index (χ0n) is 9.10. The van der Waals surface area contributed by atoms with Crippen molar-refractivity contribution in [2.24, 2.45) is 5.41 Å². The smallest absolute Gasteiger partial charge is 0.166 e. The Labute approximate surface area is 97.8 Å². The Hall–Kier alpha value is -0.700. The van der Waals surface area contributed by atoms with Crippen molar-refractivity contribution in [1.29, 1.82) is 0 Å². The monoisotopic (exact) mass is 272 g/mol. The third-order valence-electron chi connectivity index (χ3n) is 1.92. The third kappa shape index (κ3) is 3.74. The fraction of sp³-hybridized carbons (Fsp3) is 0.417. The van der Waals surface area contributed by atoms with E-state index >= 15 is 0 Å². The lowest BCUT2D eigenvalue weighted by Gasteiger charge is -2.16. The number of rotatable bonds is 2. The van der Waals surface area contributed by atoms with Crippen LogP contribution in [-0.2, 0) is 0 Å². The van der Waals surface area contributed by atoms with Crippen LogP contribution in [0.1, 0.15) is 37.6 Å². The molecule has 0 aliphatic carbocycles. The number of hydrogen-bond donors (Lipinski definition) is 0. The Morgan fingerprint density at radius 3 is 2.47 bits per heavy atom. The van der Waals surface area contributed by atoms with Gasteiger partial charge >= 0.3 is 0 Å². The van der Waals surface area contributed by atoms with Gasteiger partial charge in [0.1, 0.15) is 5.82 Å². The molecule has 0 unspecified atom stereocenters. The van der Waals surface area contributed by atoms with Gasteiger partial charge in [-0.15, -0.1) is 0 Å². The maximum Gasteiger partial charge on any atom is 0.166 e. The summed E-state index contributed by atoms with van der Waals surface area (Å²) >= 11 is 3.16. The molecule has 0 fully saturated rings. The minimum absolute atomic E-state index is 0.114. The van der Waals surface area contributed by atoms with Crippen LogP contribution < -0.4 is 0 Å². The molecule has 1 aromatic rings. The molecule has 0 amide bonds. The summed E-state index contributed by atoms with van der Waals surface area (Å²) in [4.78, 5) is 11.7. The average Bonchev–Trinajstić information content (AvgIpc) is 1.99. The molecule has 0 N–H and O–H groups in total. The Morgan fingerprint density at radius 2 is 2.00 bits per heavy atom. The van der Waals surface area contributed by atoms with Gasteiger partial charge in [0.15, 0.2) is 5.78 Å². The van der Waals surface area contributed by atoms with Crippen LogP contribution in [0.25, 0.3) is 0 Å². The Morgan fingerprint density at radius 1 is 1.40 bits per heavy atom. The molecule has 0 aliphatic rings. The second kappa shape index (κ2) is 4.44. The molecule has 0 spiro atoms.